The zero-order valence-corrected chi connectivity index (χ0v) is 15.1. The van der Waals surface area contributed by atoms with E-state index in [1.54, 1.807) is 12.1 Å². The predicted molar refractivity (Wildman–Crippen MR) is 95.1 cm³/mol. The van der Waals surface area contributed by atoms with Gasteiger partial charge in [-0.15, -0.1) is 0 Å². The zero-order chi connectivity index (χ0) is 16.9. The molecule has 1 fully saturated rings. The first-order chi connectivity index (χ1) is 11.6. The van der Waals surface area contributed by atoms with E-state index in [9.17, 15) is 4.79 Å². The molecule has 0 radical (unpaired) electrons. The normalized spacial score (nSPS) is 20.6. The van der Waals surface area contributed by atoms with E-state index in [4.69, 9.17) is 9.15 Å². The van der Waals surface area contributed by atoms with Gasteiger partial charge in [-0.1, -0.05) is 22.9 Å². The number of rotatable bonds is 5. The Labute approximate surface area is 149 Å². The van der Waals surface area contributed by atoms with E-state index in [1.807, 2.05) is 24.3 Å². The summed E-state index contributed by atoms with van der Waals surface area (Å²) in [5, 5.41) is 6.38. The van der Waals surface area contributed by atoms with Crippen LogP contribution in [0.4, 0.5) is 0 Å². The number of ether oxygens (including phenoxy) is 1. The Morgan fingerprint density at radius 1 is 1.33 bits per heavy atom. The molecule has 1 saturated heterocycles. The van der Waals surface area contributed by atoms with Gasteiger partial charge in [0.2, 0.25) is 0 Å². The van der Waals surface area contributed by atoms with Crippen molar-refractivity contribution in [3.63, 3.8) is 0 Å². The summed E-state index contributed by atoms with van der Waals surface area (Å²) in [6, 6.07) is 11.2. The molecule has 0 bridgehead atoms. The smallest absolute Gasteiger partial charge is 0.287 e. The van der Waals surface area contributed by atoms with Crippen molar-refractivity contribution in [3.8, 4) is 5.75 Å². The monoisotopic (exact) mass is 392 g/mol. The van der Waals surface area contributed by atoms with Gasteiger partial charge in [-0.2, -0.15) is 0 Å². The highest BCUT2D eigenvalue weighted by atomic mass is 79.9. The quantitative estimate of drug-likeness (QED) is 0.818. The third-order valence-electron chi connectivity index (χ3n) is 4.18. The number of furan rings is 1. The second-order valence-corrected chi connectivity index (χ2v) is 6.97. The van der Waals surface area contributed by atoms with Gasteiger partial charge >= 0.3 is 0 Å². The molecule has 2 N–H and O–H groups in total. The van der Waals surface area contributed by atoms with Crippen LogP contribution in [0.3, 0.4) is 0 Å². The summed E-state index contributed by atoms with van der Waals surface area (Å²) in [6.45, 7) is 4.28. The fourth-order valence-corrected chi connectivity index (χ4v) is 3.00. The average Bonchev–Trinajstić information content (AvgIpc) is 3.06. The van der Waals surface area contributed by atoms with Crippen LogP contribution in [-0.4, -0.2) is 25.0 Å². The second-order valence-electron chi connectivity index (χ2n) is 6.06. The van der Waals surface area contributed by atoms with E-state index >= 15 is 0 Å². The molecule has 1 aromatic heterocycles. The van der Waals surface area contributed by atoms with Crippen molar-refractivity contribution in [1.29, 1.82) is 0 Å². The molecule has 24 heavy (non-hydrogen) atoms. The molecule has 0 spiro atoms. The maximum atomic E-state index is 12.3. The lowest BCUT2D eigenvalue weighted by molar-refractivity contribution is 0.0882. The Morgan fingerprint density at radius 2 is 2.12 bits per heavy atom. The van der Waals surface area contributed by atoms with Gasteiger partial charge in [0.25, 0.3) is 5.91 Å². The fourth-order valence-electron chi connectivity index (χ4n) is 2.73. The highest BCUT2D eigenvalue weighted by Gasteiger charge is 2.24. The number of hydrogen-bond donors (Lipinski definition) is 2. The maximum absolute atomic E-state index is 12.3. The van der Waals surface area contributed by atoms with Crippen LogP contribution >= 0.6 is 15.9 Å². The molecule has 128 valence electrons. The van der Waals surface area contributed by atoms with Crippen LogP contribution in [0.1, 0.15) is 29.7 Å². The van der Waals surface area contributed by atoms with Crippen LogP contribution in [0.15, 0.2) is 45.3 Å². The number of amides is 1. The van der Waals surface area contributed by atoms with Gasteiger partial charge in [-0.3, -0.25) is 4.79 Å². The van der Waals surface area contributed by atoms with Gasteiger partial charge in [-0.05, 0) is 61.8 Å². The van der Waals surface area contributed by atoms with E-state index in [2.05, 4.69) is 33.5 Å². The van der Waals surface area contributed by atoms with E-state index in [1.165, 1.54) is 0 Å². The average molecular weight is 393 g/mol. The Balaban J connectivity index is 1.54. The summed E-state index contributed by atoms with van der Waals surface area (Å²) in [6.07, 6.45) is 0.938. The second kappa shape index (κ2) is 7.85. The summed E-state index contributed by atoms with van der Waals surface area (Å²) >= 11 is 3.38. The van der Waals surface area contributed by atoms with Gasteiger partial charge in [0.15, 0.2) is 5.76 Å². The van der Waals surface area contributed by atoms with E-state index in [0.717, 1.165) is 29.7 Å². The highest BCUT2D eigenvalue weighted by Crippen LogP contribution is 2.18. The van der Waals surface area contributed by atoms with Gasteiger partial charge in [0.1, 0.15) is 18.1 Å². The Morgan fingerprint density at radius 3 is 2.88 bits per heavy atom. The molecule has 3 rings (SSSR count). The van der Waals surface area contributed by atoms with Crippen molar-refractivity contribution < 1.29 is 13.9 Å². The third kappa shape index (κ3) is 4.39. The van der Waals surface area contributed by atoms with Gasteiger partial charge in [-0.25, -0.2) is 0 Å². The number of carbonyl (C=O) groups excluding carboxylic acids is 1. The standard InChI is InChI=1S/C18H21BrN2O3/c1-12-10-20-9-8-16(12)21-18(22)17-7-6-15(24-17)11-23-14-4-2-13(19)3-5-14/h2-7,12,16,20H,8-11H2,1H3,(H,21,22). The first kappa shape index (κ1) is 17.0. The minimum atomic E-state index is -0.163. The van der Waals surface area contributed by atoms with Crippen LogP contribution in [0.5, 0.6) is 5.75 Å². The molecule has 1 aliphatic rings. The summed E-state index contributed by atoms with van der Waals surface area (Å²) in [7, 11) is 0. The molecule has 1 aliphatic heterocycles. The molecule has 1 aromatic carbocycles. The number of halogens is 1. The number of carbonyl (C=O) groups is 1. The van der Waals surface area contributed by atoms with Crippen molar-refractivity contribution in [2.24, 2.45) is 5.92 Å². The van der Waals surface area contributed by atoms with Crippen molar-refractivity contribution in [2.45, 2.75) is 26.0 Å². The Kier molecular flexibility index (Phi) is 5.58. The molecular formula is C18H21BrN2O3. The first-order valence-corrected chi connectivity index (χ1v) is 8.90. The minimum absolute atomic E-state index is 0.163. The van der Waals surface area contributed by atoms with Crippen LogP contribution in [-0.2, 0) is 6.61 Å². The SMILES string of the molecule is CC1CNCCC1NC(=O)c1ccc(COc2ccc(Br)cc2)o1. The van der Waals surface area contributed by atoms with Gasteiger partial charge in [0, 0.05) is 10.5 Å². The van der Waals surface area contributed by atoms with Gasteiger partial charge in [0.05, 0.1) is 0 Å². The van der Waals surface area contributed by atoms with Crippen LogP contribution in [0.25, 0.3) is 0 Å². The molecule has 2 heterocycles. The summed E-state index contributed by atoms with van der Waals surface area (Å²) in [4.78, 5) is 12.3. The molecule has 0 aliphatic carbocycles. The molecule has 0 saturated carbocycles. The van der Waals surface area contributed by atoms with Crippen molar-refractivity contribution >= 4 is 21.8 Å². The van der Waals surface area contributed by atoms with Gasteiger partial charge < -0.3 is 19.8 Å². The van der Waals surface area contributed by atoms with E-state index in [0.29, 0.717) is 24.0 Å². The minimum Gasteiger partial charge on any atom is -0.486 e. The van der Waals surface area contributed by atoms with Crippen LogP contribution in [0.2, 0.25) is 0 Å². The molecule has 5 nitrogen and oxygen atoms in total. The lowest BCUT2D eigenvalue weighted by Gasteiger charge is -2.29. The van der Waals surface area contributed by atoms with E-state index in [-0.39, 0.29) is 11.9 Å². The maximum Gasteiger partial charge on any atom is 0.287 e. The fraction of sp³-hybridized carbons (Fsp3) is 0.389. The van der Waals surface area contributed by atoms with Crippen molar-refractivity contribution in [3.05, 3.63) is 52.4 Å². The molecule has 2 atom stereocenters. The van der Waals surface area contributed by atoms with E-state index < -0.39 is 0 Å². The molecular weight excluding hydrogens is 372 g/mol. The third-order valence-corrected chi connectivity index (χ3v) is 4.71. The number of hydrogen-bond acceptors (Lipinski definition) is 4. The Bertz CT molecular complexity index is 684. The highest BCUT2D eigenvalue weighted by molar-refractivity contribution is 9.10. The van der Waals surface area contributed by atoms with Crippen LogP contribution in [0, 0.1) is 5.92 Å². The zero-order valence-electron chi connectivity index (χ0n) is 13.5. The number of piperidine rings is 1. The predicted octanol–water partition coefficient (Wildman–Crippen LogP) is 3.35. The largest absolute Gasteiger partial charge is 0.486 e. The van der Waals surface area contributed by atoms with Crippen LogP contribution < -0.4 is 15.4 Å². The number of nitrogens with one attached hydrogen (secondary N) is 2. The molecule has 2 unspecified atom stereocenters. The molecule has 6 heteroatoms. The van der Waals surface area contributed by atoms with Crippen molar-refractivity contribution in [2.75, 3.05) is 13.1 Å². The lowest BCUT2D eigenvalue weighted by Crippen LogP contribution is -2.48. The summed E-state index contributed by atoms with van der Waals surface area (Å²) in [5.74, 6) is 1.96. The van der Waals surface area contributed by atoms with Crippen molar-refractivity contribution in [1.82, 2.24) is 10.6 Å². The molecule has 2 aromatic rings. The summed E-state index contributed by atoms with van der Waals surface area (Å²) < 4.78 is 12.3. The first-order valence-electron chi connectivity index (χ1n) is 8.10. The summed E-state index contributed by atoms with van der Waals surface area (Å²) in [5.41, 5.74) is 0. The topological polar surface area (TPSA) is 63.5 Å². The number of benzene rings is 1. The lowest BCUT2D eigenvalue weighted by atomic mass is 9.95. The Hall–Kier alpha value is -1.79. The molecule has 1 amide bonds.